The van der Waals surface area contributed by atoms with Gasteiger partial charge in [-0.1, -0.05) is 6.92 Å². The van der Waals surface area contributed by atoms with Crippen LogP contribution in [0, 0.1) is 0 Å². The number of nitrogens with one attached hydrogen (secondary N) is 1. The van der Waals surface area contributed by atoms with Gasteiger partial charge in [-0.15, -0.1) is 0 Å². The highest BCUT2D eigenvalue weighted by atomic mass is 16.2. The highest BCUT2D eigenvalue weighted by Crippen LogP contribution is 2.15. The van der Waals surface area contributed by atoms with Crippen LogP contribution in [0.25, 0.3) is 0 Å². The molecule has 0 aromatic carbocycles. The van der Waals surface area contributed by atoms with Crippen molar-refractivity contribution in [2.75, 3.05) is 33.7 Å². The Hall–Kier alpha value is -0.610. The van der Waals surface area contributed by atoms with Gasteiger partial charge in [0, 0.05) is 25.2 Å². The topological polar surface area (TPSA) is 35.6 Å². The molecule has 94 valence electrons. The van der Waals surface area contributed by atoms with Crippen LogP contribution in [0.5, 0.6) is 0 Å². The van der Waals surface area contributed by atoms with Gasteiger partial charge in [0.25, 0.3) is 0 Å². The van der Waals surface area contributed by atoms with Gasteiger partial charge in [-0.2, -0.15) is 0 Å². The second-order valence-corrected chi connectivity index (χ2v) is 5.60. The van der Waals surface area contributed by atoms with Gasteiger partial charge in [0.05, 0.1) is 0 Å². The minimum Gasteiger partial charge on any atom is -0.339 e. The van der Waals surface area contributed by atoms with E-state index in [-0.39, 0.29) is 17.5 Å². The summed E-state index contributed by atoms with van der Waals surface area (Å²) in [7, 11) is 4.00. The maximum Gasteiger partial charge on any atom is 0.241 e. The monoisotopic (exact) mass is 227 g/mol. The average Bonchev–Trinajstić information content (AvgIpc) is 2.11. The highest BCUT2D eigenvalue weighted by molar-refractivity contribution is 5.83. The molecule has 1 fully saturated rings. The Morgan fingerprint density at radius 1 is 1.50 bits per heavy atom. The Morgan fingerprint density at radius 3 is 2.62 bits per heavy atom. The number of rotatable bonds is 4. The Kier molecular flexibility index (Phi) is 4.33. The lowest BCUT2D eigenvalue weighted by molar-refractivity contribution is -0.139. The summed E-state index contributed by atoms with van der Waals surface area (Å²) in [5.74, 6) is 0.245. The van der Waals surface area contributed by atoms with E-state index in [0.717, 1.165) is 26.1 Å². The molecule has 1 atom stereocenters. The third-order valence-corrected chi connectivity index (χ3v) is 2.80. The lowest BCUT2D eigenvalue weighted by Crippen LogP contribution is -2.66. The number of hydrogen-bond donors (Lipinski definition) is 1. The van der Waals surface area contributed by atoms with Crippen molar-refractivity contribution >= 4 is 5.91 Å². The zero-order valence-corrected chi connectivity index (χ0v) is 11.2. The minimum atomic E-state index is -0.0645. The molecule has 4 nitrogen and oxygen atoms in total. The molecule has 4 heteroatoms. The Morgan fingerprint density at radius 2 is 2.12 bits per heavy atom. The van der Waals surface area contributed by atoms with Crippen molar-refractivity contribution in [2.24, 2.45) is 0 Å². The summed E-state index contributed by atoms with van der Waals surface area (Å²) >= 11 is 0. The number of piperazine rings is 1. The van der Waals surface area contributed by atoms with Gasteiger partial charge in [0.1, 0.15) is 6.04 Å². The fraction of sp³-hybridized carbons (Fsp3) is 0.917. The summed E-state index contributed by atoms with van der Waals surface area (Å²) in [5.41, 5.74) is 0.0176. The van der Waals surface area contributed by atoms with E-state index in [1.165, 1.54) is 0 Å². The maximum atomic E-state index is 12.2. The van der Waals surface area contributed by atoms with Gasteiger partial charge in [-0.25, -0.2) is 0 Å². The number of nitrogens with zero attached hydrogens (tertiary/aromatic N) is 2. The second-order valence-electron chi connectivity index (χ2n) is 5.60. The summed E-state index contributed by atoms with van der Waals surface area (Å²) in [6.45, 7) is 8.87. The molecule has 0 aliphatic carbocycles. The Balaban J connectivity index is 2.72. The molecular formula is C12H25N3O. The molecule has 1 saturated heterocycles. The van der Waals surface area contributed by atoms with Gasteiger partial charge in [-0.05, 0) is 34.4 Å². The van der Waals surface area contributed by atoms with Crippen molar-refractivity contribution in [3.8, 4) is 0 Å². The smallest absolute Gasteiger partial charge is 0.241 e. The van der Waals surface area contributed by atoms with E-state index < -0.39 is 0 Å². The predicted octanol–water partition coefficient (Wildman–Crippen LogP) is 0.537. The van der Waals surface area contributed by atoms with Gasteiger partial charge in [-0.3, -0.25) is 10.1 Å². The highest BCUT2D eigenvalue weighted by Gasteiger charge is 2.37. The molecular weight excluding hydrogens is 202 g/mol. The molecule has 1 heterocycles. The molecule has 1 rings (SSSR count). The molecule has 0 saturated carbocycles. The fourth-order valence-corrected chi connectivity index (χ4v) is 2.30. The fourth-order valence-electron chi connectivity index (χ4n) is 2.30. The molecule has 1 unspecified atom stereocenters. The van der Waals surface area contributed by atoms with Crippen molar-refractivity contribution in [1.29, 1.82) is 0 Å². The SMILES string of the molecule is CCCN1CC(C)(C)NC(CN(C)C)C1=O. The largest absolute Gasteiger partial charge is 0.339 e. The molecule has 0 spiro atoms. The zero-order chi connectivity index (χ0) is 12.3. The molecule has 1 amide bonds. The molecule has 0 bridgehead atoms. The first-order valence-corrected chi connectivity index (χ1v) is 6.07. The maximum absolute atomic E-state index is 12.2. The summed E-state index contributed by atoms with van der Waals surface area (Å²) in [5, 5.41) is 3.43. The third-order valence-electron chi connectivity index (χ3n) is 2.80. The molecule has 16 heavy (non-hydrogen) atoms. The van der Waals surface area contributed by atoms with E-state index in [1.54, 1.807) is 0 Å². The quantitative estimate of drug-likeness (QED) is 0.761. The van der Waals surface area contributed by atoms with Crippen LogP contribution in [-0.4, -0.2) is 61.0 Å². The number of carbonyl (C=O) groups is 1. The first-order chi connectivity index (χ1) is 7.35. The van der Waals surface area contributed by atoms with Gasteiger partial charge in [0.2, 0.25) is 5.91 Å². The number of carbonyl (C=O) groups excluding carboxylic acids is 1. The Labute approximate surface area is 99.0 Å². The predicted molar refractivity (Wildman–Crippen MR) is 66.4 cm³/mol. The molecule has 0 aromatic rings. The van der Waals surface area contributed by atoms with Crippen LogP contribution in [0.2, 0.25) is 0 Å². The number of hydrogen-bond acceptors (Lipinski definition) is 3. The van der Waals surface area contributed by atoms with Crippen LogP contribution in [-0.2, 0) is 4.79 Å². The van der Waals surface area contributed by atoms with E-state index >= 15 is 0 Å². The van der Waals surface area contributed by atoms with Crippen molar-refractivity contribution in [1.82, 2.24) is 15.1 Å². The number of likely N-dealkylation sites (N-methyl/N-ethyl adjacent to an activating group) is 1. The van der Waals surface area contributed by atoms with Gasteiger partial charge in [0.15, 0.2) is 0 Å². The average molecular weight is 227 g/mol. The van der Waals surface area contributed by atoms with Crippen molar-refractivity contribution in [3.63, 3.8) is 0 Å². The molecule has 1 N–H and O–H groups in total. The lowest BCUT2D eigenvalue weighted by atomic mass is 9.97. The standard InChI is InChI=1S/C12H25N3O/c1-6-7-15-9-12(2,3)13-10(11(15)16)8-14(4)5/h10,13H,6-9H2,1-5H3. The minimum absolute atomic E-state index is 0.0176. The van der Waals surface area contributed by atoms with E-state index in [2.05, 4.69) is 31.0 Å². The molecule has 1 aliphatic rings. The number of amides is 1. The molecule has 0 aromatic heterocycles. The third kappa shape index (κ3) is 3.46. The normalized spacial score (nSPS) is 25.2. The van der Waals surface area contributed by atoms with Crippen LogP contribution in [0.15, 0.2) is 0 Å². The van der Waals surface area contributed by atoms with Crippen molar-refractivity contribution in [3.05, 3.63) is 0 Å². The van der Waals surface area contributed by atoms with E-state index in [0.29, 0.717) is 0 Å². The first-order valence-electron chi connectivity index (χ1n) is 6.07. The Bertz CT molecular complexity index is 251. The first kappa shape index (κ1) is 13.5. The summed E-state index contributed by atoms with van der Waals surface area (Å²) in [6.07, 6.45) is 1.02. The summed E-state index contributed by atoms with van der Waals surface area (Å²) in [4.78, 5) is 16.2. The van der Waals surface area contributed by atoms with Crippen LogP contribution in [0.3, 0.4) is 0 Å². The lowest BCUT2D eigenvalue weighted by Gasteiger charge is -2.43. The molecule has 1 aliphatic heterocycles. The van der Waals surface area contributed by atoms with Crippen molar-refractivity contribution < 1.29 is 4.79 Å². The summed E-state index contributed by atoms with van der Waals surface area (Å²) < 4.78 is 0. The molecule has 0 radical (unpaired) electrons. The van der Waals surface area contributed by atoms with Crippen LogP contribution in [0.1, 0.15) is 27.2 Å². The van der Waals surface area contributed by atoms with Crippen LogP contribution in [0.4, 0.5) is 0 Å². The van der Waals surface area contributed by atoms with Gasteiger partial charge >= 0.3 is 0 Å². The summed E-state index contributed by atoms with van der Waals surface area (Å²) in [6, 6.07) is -0.0645. The zero-order valence-electron chi connectivity index (χ0n) is 11.2. The van der Waals surface area contributed by atoms with Crippen molar-refractivity contribution in [2.45, 2.75) is 38.8 Å². The van der Waals surface area contributed by atoms with Gasteiger partial charge < -0.3 is 9.80 Å². The van der Waals surface area contributed by atoms with Crippen LogP contribution >= 0.6 is 0 Å². The van der Waals surface area contributed by atoms with E-state index in [9.17, 15) is 4.79 Å². The second kappa shape index (κ2) is 5.15. The van der Waals surface area contributed by atoms with E-state index in [4.69, 9.17) is 0 Å². The van der Waals surface area contributed by atoms with E-state index in [1.807, 2.05) is 19.0 Å². The van der Waals surface area contributed by atoms with Crippen LogP contribution < -0.4 is 5.32 Å².